The van der Waals surface area contributed by atoms with Crippen molar-refractivity contribution in [2.75, 3.05) is 5.32 Å². The molecule has 126 valence electrons. The summed E-state index contributed by atoms with van der Waals surface area (Å²) >= 11 is 0. The smallest absolute Gasteiger partial charge is 0.165 e. The van der Waals surface area contributed by atoms with Gasteiger partial charge in [-0.2, -0.15) is 10.2 Å². The molecule has 0 spiro atoms. The minimum atomic E-state index is -0.240. The fourth-order valence-corrected chi connectivity index (χ4v) is 2.93. The van der Waals surface area contributed by atoms with Crippen molar-refractivity contribution in [1.29, 1.82) is 0 Å². The number of benzene rings is 1. The van der Waals surface area contributed by atoms with Crippen LogP contribution in [0.3, 0.4) is 0 Å². The molecule has 0 aliphatic heterocycles. The molecule has 0 fully saturated rings. The van der Waals surface area contributed by atoms with Crippen LogP contribution in [-0.4, -0.2) is 24.8 Å². The van der Waals surface area contributed by atoms with Crippen molar-refractivity contribution in [2.24, 2.45) is 0 Å². The lowest BCUT2D eigenvalue weighted by Gasteiger charge is -2.17. The third-order valence-electron chi connectivity index (χ3n) is 4.25. The number of rotatable bonds is 4. The topological polar surface area (TPSA) is 70.9 Å². The Hall–Kier alpha value is -3.22. The fraction of sp³-hybridized carbons (Fsp3) is 0.167. The Morgan fingerprint density at radius 1 is 1.24 bits per heavy atom. The number of aromatic nitrogens is 5. The number of anilines is 1. The van der Waals surface area contributed by atoms with E-state index in [1.54, 1.807) is 35.2 Å². The second-order valence-electron chi connectivity index (χ2n) is 5.99. The van der Waals surface area contributed by atoms with E-state index in [0.717, 1.165) is 27.9 Å². The third kappa shape index (κ3) is 2.84. The standard InChI is InChI=1S/C18H17FN6/c1-11-3-4-14(19)7-15(11)12(2)23-17-5-6-25-18(24-17)16(10-22-25)13-8-20-21-9-13/h3-10,12H,1-2H3,(H,20,21)(H,23,24). The monoisotopic (exact) mass is 336 g/mol. The molecule has 0 radical (unpaired) electrons. The third-order valence-corrected chi connectivity index (χ3v) is 4.25. The highest BCUT2D eigenvalue weighted by molar-refractivity contribution is 5.76. The van der Waals surface area contributed by atoms with Gasteiger partial charge in [0.05, 0.1) is 18.4 Å². The molecule has 7 heteroatoms. The van der Waals surface area contributed by atoms with E-state index in [0.29, 0.717) is 5.82 Å². The number of H-pyrrole nitrogens is 1. The molecular weight excluding hydrogens is 319 g/mol. The van der Waals surface area contributed by atoms with E-state index >= 15 is 0 Å². The number of aryl methyl sites for hydroxylation is 1. The van der Waals surface area contributed by atoms with Gasteiger partial charge >= 0.3 is 0 Å². The molecule has 0 aliphatic rings. The first-order valence-corrected chi connectivity index (χ1v) is 7.98. The molecule has 0 aliphatic carbocycles. The largest absolute Gasteiger partial charge is 0.363 e. The van der Waals surface area contributed by atoms with Crippen molar-refractivity contribution in [1.82, 2.24) is 24.8 Å². The van der Waals surface area contributed by atoms with Crippen LogP contribution in [0, 0.1) is 12.7 Å². The van der Waals surface area contributed by atoms with Gasteiger partial charge in [-0.3, -0.25) is 5.10 Å². The van der Waals surface area contributed by atoms with Crippen LogP contribution in [0.25, 0.3) is 16.8 Å². The van der Waals surface area contributed by atoms with Crippen molar-refractivity contribution in [3.63, 3.8) is 0 Å². The molecule has 1 aromatic carbocycles. The molecule has 1 unspecified atom stereocenters. The Morgan fingerprint density at radius 2 is 2.12 bits per heavy atom. The van der Waals surface area contributed by atoms with Gasteiger partial charge in [0.1, 0.15) is 11.6 Å². The van der Waals surface area contributed by atoms with Gasteiger partial charge in [-0.05, 0) is 43.2 Å². The summed E-state index contributed by atoms with van der Waals surface area (Å²) < 4.78 is 15.3. The number of nitrogens with one attached hydrogen (secondary N) is 2. The van der Waals surface area contributed by atoms with E-state index in [9.17, 15) is 4.39 Å². The summed E-state index contributed by atoms with van der Waals surface area (Å²) in [5.74, 6) is 0.463. The first-order valence-electron chi connectivity index (χ1n) is 7.98. The molecule has 3 heterocycles. The Bertz CT molecular complexity index is 1020. The Balaban J connectivity index is 1.68. The van der Waals surface area contributed by atoms with Gasteiger partial charge in [0.2, 0.25) is 0 Å². The van der Waals surface area contributed by atoms with Crippen molar-refractivity contribution >= 4 is 11.5 Å². The molecule has 1 atom stereocenters. The number of hydrogen-bond acceptors (Lipinski definition) is 4. The van der Waals surface area contributed by atoms with Crippen LogP contribution >= 0.6 is 0 Å². The highest BCUT2D eigenvalue weighted by atomic mass is 19.1. The molecule has 0 saturated carbocycles. The van der Waals surface area contributed by atoms with Crippen molar-refractivity contribution < 1.29 is 4.39 Å². The van der Waals surface area contributed by atoms with Crippen LogP contribution in [-0.2, 0) is 0 Å². The molecule has 25 heavy (non-hydrogen) atoms. The van der Waals surface area contributed by atoms with Gasteiger partial charge in [-0.1, -0.05) is 6.07 Å². The van der Waals surface area contributed by atoms with E-state index in [1.807, 2.05) is 26.1 Å². The van der Waals surface area contributed by atoms with Crippen molar-refractivity contribution in [2.45, 2.75) is 19.9 Å². The summed E-state index contributed by atoms with van der Waals surface area (Å²) in [6.45, 7) is 3.96. The Kier molecular flexibility index (Phi) is 3.68. The predicted molar refractivity (Wildman–Crippen MR) is 93.7 cm³/mol. The lowest BCUT2D eigenvalue weighted by molar-refractivity contribution is 0.623. The summed E-state index contributed by atoms with van der Waals surface area (Å²) in [4.78, 5) is 4.66. The number of hydrogen-bond donors (Lipinski definition) is 2. The molecule has 0 amide bonds. The summed E-state index contributed by atoms with van der Waals surface area (Å²) in [5, 5.41) is 14.4. The number of nitrogens with zero attached hydrogens (tertiary/aromatic N) is 4. The average molecular weight is 336 g/mol. The van der Waals surface area contributed by atoms with Crippen LogP contribution in [0.2, 0.25) is 0 Å². The summed E-state index contributed by atoms with van der Waals surface area (Å²) in [6.07, 6.45) is 7.14. The van der Waals surface area contributed by atoms with E-state index in [-0.39, 0.29) is 11.9 Å². The minimum absolute atomic E-state index is 0.0778. The van der Waals surface area contributed by atoms with Crippen LogP contribution in [0.4, 0.5) is 10.2 Å². The zero-order valence-corrected chi connectivity index (χ0v) is 13.9. The van der Waals surface area contributed by atoms with Crippen LogP contribution in [0.5, 0.6) is 0 Å². The lowest BCUT2D eigenvalue weighted by Crippen LogP contribution is -2.10. The molecule has 2 N–H and O–H groups in total. The van der Waals surface area contributed by atoms with E-state index < -0.39 is 0 Å². The van der Waals surface area contributed by atoms with Crippen LogP contribution in [0.15, 0.2) is 49.1 Å². The number of fused-ring (bicyclic) bond motifs is 1. The van der Waals surface area contributed by atoms with Gasteiger partial charge in [0.25, 0.3) is 0 Å². The quantitative estimate of drug-likeness (QED) is 0.595. The SMILES string of the molecule is Cc1ccc(F)cc1C(C)Nc1ccn2ncc(-c3cn[nH]c3)c2n1. The van der Waals surface area contributed by atoms with Gasteiger partial charge in [-0.25, -0.2) is 13.9 Å². The predicted octanol–water partition coefficient (Wildman–Crippen LogP) is 3.74. The van der Waals surface area contributed by atoms with Gasteiger partial charge in [0, 0.05) is 23.5 Å². The van der Waals surface area contributed by atoms with Crippen molar-refractivity contribution in [3.8, 4) is 11.1 Å². The Labute approximate surface area is 143 Å². The highest BCUT2D eigenvalue weighted by Gasteiger charge is 2.13. The van der Waals surface area contributed by atoms with Crippen LogP contribution < -0.4 is 5.32 Å². The van der Waals surface area contributed by atoms with Gasteiger partial charge < -0.3 is 5.32 Å². The van der Waals surface area contributed by atoms with Gasteiger partial charge in [0.15, 0.2) is 5.65 Å². The average Bonchev–Trinajstić information content (AvgIpc) is 3.25. The maximum Gasteiger partial charge on any atom is 0.165 e. The molecular formula is C18H17FN6. The molecule has 0 bridgehead atoms. The summed E-state index contributed by atoms with van der Waals surface area (Å²) in [7, 11) is 0. The van der Waals surface area contributed by atoms with Crippen molar-refractivity contribution in [3.05, 3.63) is 66.0 Å². The summed E-state index contributed by atoms with van der Waals surface area (Å²) in [6, 6.07) is 6.59. The van der Waals surface area contributed by atoms with Crippen LogP contribution in [0.1, 0.15) is 24.1 Å². The second-order valence-corrected chi connectivity index (χ2v) is 5.99. The van der Waals surface area contributed by atoms with E-state index in [1.165, 1.54) is 6.07 Å². The molecule has 4 rings (SSSR count). The first kappa shape index (κ1) is 15.3. The van der Waals surface area contributed by atoms with E-state index in [2.05, 4.69) is 25.6 Å². The second kappa shape index (κ2) is 6.01. The first-order chi connectivity index (χ1) is 12.1. The molecule has 6 nitrogen and oxygen atoms in total. The Morgan fingerprint density at radius 3 is 2.92 bits per heavy atom. The molecule has 0 saturated heterocycles. The zero-order valence-electron chi connectivity index (χ0n) is 13.9. The maximum absolute atomic E-state index is 13.6. The molecule has 4 aromatic rings. The number of aromatic amines is 1. The minimum Gasteiger partial charge on any atom is -0.363 e. The highest BCUT2D eigenvalue weighted by Crippen LogP contribution is 2.25. The van der Waals surface area contributed by atoms with E-state index in [4.69, 9.17) is 0 Å². The zero-order chi connectivity index (χ0) is 17.4. The van der Waals surface area contributed by atoms with Gasteiger partial charge in [-0.15, -0.1) is 0 Å². The number of halogens is 1. The normalized spacial score (nSPS) is 12.4. The maximum atomic E-state index is 13.6. The fourth-order valence-electron chi connectivity index (χ4n) is 2.93. The summed E-state index contributed by atoms with van der Waals surface area (Å²) in [5.41, 5.74) is 4.49. The lowest BCUT2D eigenvalue weighted by atomic mass is 10.0. The molecule has 3 aromatic heterocycles.